The number of hydrogen-bond acceptors (Lipinski definition) is 4. The van der Waals surface area contributed by atoms with E-state index >= 15 is 0 Å². The molecule has 5 nitrogen and oxygen atoms in total. The molecule has 1 aromatic carbocycles. The summed E-state index contributed by atoms with van der Waals surface area (Å²) >= 11 is 0. The van der Waals surface area contributed by atoms with Crippen molar-refractivity contribution in [3.63, 3.8) is 0 Å². The van der Waals surface area contributed by atoms with Crippen LogP contribution in [0.25, 0.3) is 0 Å². The third-order valence-electron chi connectivity index (χ3n) is 3.10. The van der Waals surface area contributed by atoms with E-state index in [0.29, 0.717) is 19.7 Å². The average molecular weight is 318 g/mol. The molecule has 1 aliphatic rings. The number of para-hydroxylation sites is 1. The molecule has 0 radical (unpaired) electrons. The van der Waals surface area contributed by atoms with Crippen molar-refractivity contribution >= 4 is 25.6 Å². The van der Waals surface area contributed by atoms with Gasteiger partial charge in [0.2, 0.25) is 15.0 Å². The fourth-order valence-corrected chi connectivity index (χ4v) is 3.57. The number of hydrogen-bond donors (Lipinski definition) is 0. The molecule has 0 spiro atoms. The summed E-state index contributed by atoms with van der Waals surface area (Å²) in [4.78, 5) is 13.4. The number of carbonyl (C=O) groups is 1. The van der Waals surface area contributed by atoms with Gasteiger partial charge in [-0.05, 0) is 12.1 Å². The molecule has 1 saturated heterocycles. The number of rotatable bonds is 6. The Bertz CT molecular complexity index is 561. The van der Waals surface area contributed by atoms with Crippen LogP contribution < -0.4 is 4.74 Å². The molecule has 2 rings (SSSR count). The van der Waals surface area contributed by atoms with Crippen molar-refractivity contribution in [1.29, 1.82) is 0 Å². The molecule has 1 heterocycles. The third kappa shape index (κ3) is 4.68. The molecule has 0 aromatic heterocycles. The number of halogens is 1. The van der Waals surface area contributed by atoms with Gasteiger partial charge in [0.15, 0.2) is 0 Å². The van der Waals surface area contributed by atoms with E-state index in [4.69, 9.17) is 15.4 Å². The zero-order valence-corrected chi connectivity index (χ0v) is 12.4. The quantitative estimate of drug-likeness (QED) is 0.746. The highest BCUT2D eigenvalue weighted by molar-refractivity contribution is 8.13. The Morgan fingerprint density at radius 2 is 2.00 bits per heavy atom. The zero-order valence-electron chi connectivity index (χ0n) is 10.9. The van der Waals surface area contributed by atoms with Gasteiger partial charge >= 0.3 is 0 Å². The lowest BCUT2D eigenvalue weighted by atomic mass is 10.1. The van der Waals surface area contributed by atoms with Gasteiger partial charge in [0.1, 0.15) is 12.4 Å². The van der Waals surface area contributed by atoms with Gasteiger partial charge in [-0.25, -0.2) is 8.42 Å². The van der Waals surface area contributed by atoms with Crippen LogP contribution in [0.2, 0.25) is 0 Å². The van der Waals surface area contributed by atoms with E-state index in [1.54, 1.807) is 4.90 Å². The van der Waals surface area contributed by atoms with Crippen LogP contribution in [0.1, 0.15) is 6.42 Å². The van der Waals surface area contributed by atoms with Crippen LogP contribution in [0.5, 0.6) is 5.75 Å². The lowest BCUT2D eigenvalue weighted by molar-refractivity contribution is -0.128. The van der Waals surface area contributed by atoms with Crippen LogP contribution in [0.4, 0.5) is 0 Å². The molecule has 0 saturated carbocycles. The van der Waals surface area contributed by atoms with E-state index in [-0.39, 0.29) is 24.0 Å². The van der Waals surface area contributed by atoms with E-state index in [9.17, 15) is 13.2 Å². The van der Waals surface area contributed by atoms with E-state index < -0.39 is 9.05 Å². The van der Waals surface area contributed by atoms with Crippen molar-refractivity contribution in [1.82, 2.24) is 4.90 Å². The Morgan fingerprint density at radius 1 is 1.30 bits per heavy atom. The molecule has 1 atom stereocenters. The summed E-state index contributed by atoms with van der Waals surface area (Å²) in [7, 11) is 1.65. The Morgan fingerprint density at radius 3 is 2.65 bits per heavy atom. The summed E-state index contributed by atoms with van der Waals surface area (Å²) < 4.78 is 27.5. The van der Waals surface area contributed by atoms with Crippen LogP contribution in [-0.4, -0.2) is 44.7 Å². The second-order valence-corrected chi connectivity index (χ2v) is 7.60. The van der Waals surface area contributed by atoms with E-state index in [1.807, 2.05) is 30.3 Å². The lowest BCUT2D eigenvalue weighted by Crippen LogP contribution is -2.30. The number of nitrogens with zero attached hydrogens (tertiary/aromatic N) is 1. The van der Waals surface area contributed by atoms with Gasteiger partial charge in [0.25, 0.3) is 0 Å². The predicted molar refractivity (Wildman–Crippen MR) is 76.3 cm³/mol. The van der Waals surface area contributed by atoms with Crippen molar-refractivity contribution in [3.8, 4) is 5.75 Å². The molecule has 0 aliphatic carbocycles. The summed E-state index contributed by atoms with van der Waals surface area (Å²) in [6.45, 7) is 1.26. The molecule has 1 unspecified atom stereocenters. The lowest BCUT2D eigenvalue weighted by Gasteiger charge is -2.16. The van der Waals surface area contributed by atoms with Gasteiger partial charge in [-0.2, -0.15) is 0 Å². The highest BCUT2D eigenvalue weighted by Gasteiger charge is 2.31. The fraction of sp³-hybridized carbons (Fsp3) is 0.462. The molecule has 0 bridgehead atoms. The summed E-state index contributed by atoms with van der Waals surface area (Å²) in [5.74, 6) is 0.323. The molecule has 1 aromatic rings. The standard InChI is InChI=1S/C13H16ClNO4S/c14-20(17,18)10-11-8-13(16)15(9-11)6-7-19-12-4-2-1-3-5-12/h1-5,11H,6-10H2. The average Bonchev–Trinajstić information content (AvgIpc) is 2.68. The molecule has 1 fully saturated rings. The number of carbonyl (C=O) groups excluding carboxylic acids is 1. The molecular weight excluding hydrogens is 302 g/mol. The van der Waals surface area contributed by atoms with Crippen molar-refractivity contribution in [3.05, 3.63) is 30.3 Å². The monoisotopic (exact) mass is 317 g/mol. The topological polar surface area (TPSA) is 63.7 Å². The Labute approximate surface area is 122 Å². The van der Waals surface area contributed by atoms with Gasteiger partial charge in [0, 0.05) is 29.6 Å². The third-order valence-corrected chi connectivity index (χ3v) is 4.35. The molecule has 110 valence electrons. The first-order chi connectivity index (χ1) is 9.44. The normalized spacial score (nSPS) is 19.4. The fourth-order valence-electron chi connectivity index (χ4n) is 2.25. The molecule has 20 heavy (non-hydrogen) atoms. The smallest absolute Gasteiger partial charge is 0.232 e. The molecule has 0 N–H and O–H groups in total. The SMILES string of the molecule is O=C1CC(CS(=O)(=O)Cl)CN1CCOc1ccccc1. The number of amides is 1. The second kappa shape index (κ2) is 6.45. The summed E-state index contributed by atoms with van der Waals surface area (Å²) in [6, 6.07) is 9.33. The van der Waals surface area contributed by atoms with Crippen LogP contribution in [0.3, 0.4) is 0 Å². The van der Waals surface area contributed by atoms with Gasteiger partial charge in [-0.3, -0.25) is 4.79 Å². The molecule has 1 aliphatic heterocycles. The van der Waals surface area contributed by atoms with Gasteiger partial charge in [-0.1, -0.05) is 18.2 Å². The number of likely N-dealkylation sites (tertiary alicyclic amines) is 1. The maximum Gasteiger partial charge on any atom is 0.232 e. The minimum absolute atomic E-state index is 0.0491. The van der Waals surface area contributed by atoms with Crippen LogP contribution in [0.15, 0.2) is 30.3 Å². The van der Waals surface area contributed by atoms with Gasteiger partial charge < -0.3 is 9.64 Å². The second-order valence-electron chi connectivity index (χ2n) is 4.78. The Balaban J connectivity index is 1.78. The van der Waals surface area contributed by atoms with Gasteiger partial charge in [-0.15, -0.1) is 0 Å². The summed E-state index contributed by atoms with van der Waals surface area (Å²) in [5, 5.41) is 0. The van der Waals surface area contributed by atoms with E-state index in [2.05, 4.69) is 0 Å². The molecule has 7 heteroatoms. The highest BCUT2D eigenvalue weighted by atomic mass is 35.7. The van der Waals surface area contributed by atoms with Crippen LogP contribution >= 0.6 is 10.7 Å². The maximum atomic E-state index is 11.7. The van der Waals surface area contributed by atoms with Crippen molar-refractivity contribution in [2.75, 3.05) is 25.4 Å². The summed E-state index contributed by atoms with van der Waals surface area (Å²) in [5.41, 5.74) is 0. The minimum atomic E-state index is -3.56. The van der Waals surface area contributed by atoms with E-state index in [1.165, 1.54) is 0 Å². The number of benzene rings is 1. The van der Waals surface area contributed by atoms with Crippen molar-refractivity contribution in [2.24, 2.45) is 5.92 Å². The van der Waals surface area contributed by atoms with Gasteiger partial charge in [0.05, 0.1) is 12.3 Å². The first-order valence-electron chi connectivity index (χ1n) is 6.32. The van der Waals surface area contributed by atoms with E-state index in [0.717, 1.165) is 5.75 Å². The zero-order chi connectivity index (χ0) is 14.6. The predicted octanol–water partition coefficient (Wildman–Crippen LogP) is 1.48. The largest absolute Gasteiger partial charge is 0.492 e. The molecule has 1 amide bonds. The first kappa shape index (κ1) is 15.1. The first-order valence-corrected chi connectivity index (χ1v) is 8.80. The minimum Gasteiger partial charge on any atom is -0.492 e. The van der Waals surface area contributed by atoms with Crippen molar-refractivity contribution < 1.29 is 17.9 Å². The maximum absolute atomic E-state index is 11.7. The highest BCUT2D eigenvalue weighted by Crippen LogP contribution is 2.20. The van der Waals surface area contributed by atoms with Crippen molar-refractivity contribution in [2.45, 2.75) is 6.42 Å². The Hall–Kier alpha value is -1.27. The Kier molecular flexibility index (Phi) is 4.88. The summed E-state index contributed by atoms with van der Waals surface area (Å²) in [6.07, 6.45) is 0.233. The van der Waals surface area contributed by atoms with Crippen LogP contribution in [-0.2, 0) is 13.8 Å². The molecular formula is C13H16ClNO4S. The number of ether oxygens (including phenoxy) is 1. The van der Waals surface area contributed by atoms with Crippen LogP contribution in [0, 0.1) is 5.92 Å².